The number of alkyl halides is 2. The third-order valence-corrected chi connectivity index (χ3v) is 4.02. The quantitative estimate of drug-likeness (QED) is 0.760. The van der Waals surface area contributed by atoms with Gasteiger partial charge in [0.15, 0.2) is 11.5 Å². The molecule has 0 aliphatic carbocycles. The van der Waals surface area contributed by atoms with Crippen molar-refractivity contribution in [2.24, 2.45) is 0 Å². The van der Waals surface area contributed by atoms with E-state index in [1.807, 2.05) is 0 Å². The molecule has 0 N–H and O–H groups in total. The number of hydrogen-bond donors (Lipinski definition) is 0. The molecule has 0 saturated carbocycles. The van der Waals surface area contributed by atoms with Crippen LogP contribution in [-0.2, 0) is 10.7 Å². The van der Waals surface area contributed by atoms with Crippen LogP contribution in [0.1, 0.15) is 22.3 Å². The lowest BCUT2D eigenvalue weighted by molar-refractivity contribution is 0.350. The van der Waals surface area contributed by atoms with Gasteiger partial charge in [-0.3, -0.25) is 0 Å². The van der Waals surface area contributed by atoms with Crippen molar-refractivity contribution >= 4 is 31.9 Å². The number of methoxy groups -OCH3 is 2. The van der Waals surface area contributed by atoms with E-state index in [1.165, 1.54) is 11.1 Å². The molecular weight excluding hydrogens is 336 g/mol. The number of hydrogen-bond acceptors (Lipinski definition) is 2. The third-order valence-electron chi connectivity index (χ3n) is 2.90. The SMILES string of the molecule is COc1c(CBr)c(C)c(C)c(CBr)c1OC. The molecule has 0 radical (unpaired) electrons. The molecule has 0 fully saturated rings. The predicted molar refractivity (Wildman–Crippen MR) is 74.3 cm³/mol. The lowest BCUT2D eigenvalue weighted by Crippen LogP contribution is -2.03. The Bertz CT molecular complexity index is 352. The van der Waals surface area contributed by atoms with Gasteiger partial charge in [0.25, 0.3) is 0 Å². The summed E-state index contributed by atoms with van der Waals surface area (Å²) in [7, 11) is 3.35. The van der Waals surface area contributed by atoms with Crippen LogP contribution in [0.3, 0.4) is 0 Å². The van der Waals surface area contributed by atoms with Gasteiger partial charge in [-0.1, -0.05) is 31.9 Å². The van der Waals surface area contributed by atoms with Crippen LogP contribution in [0.2, 0.25) is 0 Å². The lowest BCUT2D eigenvalue weighted by Gasteiger charge is -2.20. The summed E-state index contributed by atoms with van der Waals surface area (Å²) in [5, 5.41) is 1.53. The molecular formula is C12H16Br2O2. The van der Waals surface area contributed by atoms with Crippen molar-refractivity contribution in [2.75, 3.05) is 14.2 Å². The van der Waals surface area contributed by atoms with Crippen molar-refractivity contribution in [3.63, 3.8) is 0 Å². The van der Waals surface area contributed by atoms with Crippen molar-refractivity contribution in [1.82, 2.24) is 0 Å². The van der Waals surface area contributed by atoms with E-state index in [9.17, 15) is 0 Å². The molecule has 0 aliphatic rings. The number of benzene rings is 1. The zero-order valence-electron chi connectivity index (χ0n) is 9.99. The van der Waals surface area contributed by atoms with Crippen LogP contribution in [0.5, 0.6) is 11.5 Å². The van der Waals surface area contributed by atoms with Gasteiger partial charge in [-0.25, -0.2) is 0 Å². The number of ether oxygens (including phenoxy) is 2. The van der Waals surface area contributed by atoms with Crippen LogP contribution in [0.25, 0.3) is 0 Å². The first-order chi connectivity index (χ1) is 7.62. The molecule has 4 heteroatoms. The van der Waals surface area contributed by atoms with Gasteiger partial charge in [0.1, 0.15) is 0 Å². The molecule has 0 atom stereocenters. The fourth-order valence-corrected chi connectivity index (χ4v) is 3.17. The van der Waals surface area contributed by atoms with Crippen LogP contribution < -0.4 is 9.47 Å². The summed E-state index contributed by atoms with van der Waals surface area (Å²) in [5.74, 6) is 1.66. The molecule has 0 saturated heterocycles. The van der Waals surface area contributed by atoms with Gasteiger partial charge >= 0.3 is 0 Å². The Morgan fingerprint density at radius 3 is 1.31 bits per heavy atom. The highest BCUT2D eigenvalue weighted by Crippen LogP contribution is 2.41. The minimum absolute atomic E-state index is 0.766. The van der Waals surface area contributed by atoms with Crippen LogP contribution in [0.4, 0.5) is 0 Å². The van der Waals surface area contributed by atoms with Crippen molar-refractivity contribution in [1.29, 1.82) is 0 Å². The normalized spacial score (nSPS) is 10.4. The van der Waals surface area contributed by atoms with E-state index in [-0.39, 0.29) is 0 Å². The Kier molecular flexibility index (Phi) is 5.12. The largest absolute Gasteiger partial charge is 0.493 e. The molecule has 0 amide bonds. The predicted octanol–water partition coefficient (Wildman–Crippen LogP) is 4.11. The van der Waals surface area contributed by atoms with E-state index >= 15 is 0 Å². The number of rotatable bonds is 4. The molecule has 0 spiro atoms. The molecule has 1 aromatic carbocycles. The van der Waals surface area contributed by atoms with E-state index < -0.39 is 0 Å². The first kappa shape index (κ1) is 13.8. The van der Waals surface area contributed by atoms with Gasteiger partial charge in [0.2, 0.25) is 0 Å². The smallest absolute Gasteiger partial charge is 0.165 e. The van der Waals surface area contributed by atoms with Crippen molar-refractivity contribution in [3.05, 3.63) is 22.3 Å². The van der Waals surface area contributed by atoms with Gasteiger partial charge in [-0.05, 0) is 25.0 Å². The summed E-state index contributed by atoms with van der Waals surface area (Å²) >= 11 is 6.99. The summed E-state index contributed by atoms with van der Waals surface area (Å²) in [6.45, 7) is 4.22. The van der Waals surface area contributed by atoms with Crippen molar-refractivity contribution < 1.29 is 9.47 Å². The van der Waals surface area contributed by atoms with Crippen LogP contribution in [0, 0.1) is 13.8 Å². The van der Waals surface area contributed by atoms with Gasteiger partial charge < -0.3 is 9.47 Å². The fourth-order valence-electron chi connectivity index (χ4n) is 1.82. The monoisotopic (exact) mass is 350 g/mol. The molecule has 90 valence electrons. The molecule has 2 nitrogen and oxygen atoms in total. The molecule has 0 bridgehead atoms. The second-order valence-corrected chi connectivity index (χ2v) is 4.66. The molecule has 0 heterocycles. The molecule has 0 aromatic heterocycles. The standard InChI is InChI=1S/C12H16Br2O2/c1-7-8(2)10(6-14)12(16-4)11(15-3)9(7)5-13/h5-6H2,1-4H3. The Morgan fingerprint density at radius 2 is 1.12 bits per heavy atom. The average Bonchev–Trinajstić information content (AvgIpc) is 2.31. The summed E-state index contributed by atoms with van der Waals surface area (Å²) in [4.78, 5) is 0. The molecule has 1 rings (SSSR count). The van der Waals surface area contributed by atoms with E-state index in [4.69, 9.17) is 9.47 Å². The highest BCUT2D eigenvalue weighted by atomic mass is 79.9. The maximum absolute atomic E-state index is 5.46. The summed E-state index contributed by atoms with van der Waals surface area (Å²) < 4.78 is 10.9. The third kappa shape index (κ3) is 2.23. The zero-order valence-corrected chi connectivity index (χ0v) is 13.2. The Morgan fingerprint density at radius 1 is 0.812 bits per heavy atom. The molecule has 1 aromatic rings. The molecule has 0 aliphatic heterocycles. The zero-order chi connectivity index (χ0) is 12.3. The first-order valence-corrected chi connectivity index (χ1v) is 7.21. The summed E-state index contributed by atoms with van der Waals surface area (Å²) in [6.07, 6.45) is 0. The minimum Gasteiger partial charge on any atom is -0.493 e. The maximum Gasteiger partial charge on any atom is 0.165 e. The van der Waals surface area contributed by atoms with Gasteiger partial charge in [0.05, 0.1) is 14.2 Å². The second-order valence-electron chi connectivity index (χ2n) is 3.54. The summed E-state index contributed by atoms with van der Waals surface area (Å²) in [6, 6.07) is 0. The van der Waals surface area contributed by atoms with E-state index in [1.54, 1.807) is 14.2 Å². The van der Waals surface area contributed by atoms with Crippen LogP contribution >= 0.6 is 31.9 Å². The molecule has 0 unspecified atom stereocenters. The van der Waals surface area contributed by atoms with E-state index in [2.05, 4.69) is 45.7 Å². The maximum atomic E-state index is 5.46. The fraction of sp³-hybridized carbons (Fsp3) is 0.500. The first-order valence-electron chi connectivity index (χ1n) is 4.97. The Balaban J connectivity index is 3.61. The van der Waals surface area contributed by atoms with Gasteiger partial charge in [0, 0.05) is 21.8 Å². The van der Waals surface area contributed by atoms with Crippen molar-refractivity contribution in [2.45, 2.75) is 24.5 Å². The van der Waals surface area contributed by atoms with E-state index in [0.717, 1.165) is 33.3 Å². The Labute approximate surface area is 114 Å². The van der Waals surface area contributed by atoms with Gasteiger partial charge in [-0.15, -0.1) is 0 Å². The Hall–Kier alpha value is -0.220. The molecule has 16 heavy (non-hydrogen) atoms. The highest BCUT2D eigenvalue weighted by Gasteiger charge is 2.19. The number of halogens is 2. The topological polar surface area (TPSA) is 18.5 Å². The van der Waals surface area contributed by atoms with Crippen LogP contribution in [-0.4, -0.2) is 14.2 Å². The van der Waals surface area contributed by atoms with Crippen LogP contribution in [0.15, 0.2) is 0 Å². The van der Waals surface area contributed by atoms with Crippen molar-refractivity contribution in [3.8, 4) is 11.5 Å². The second kappa shape index (κ2) is 5.92. The highest BCUT2D eigenvalue weighted by molar-refractivity contribution is 9.08. The average molecular weight is 352 g/mol. The van der Waals surface area contributed by atoms with Gasteiger partial charge in [-0.2, -0.15) is 0 Å². The lowest BCUT2D eigenvalue weighted by atomic mass is 9.97. The summed E-state index contributed by atoms with van der Waals surface area (Å²) in [5.41, 5.74) is 4.82. The van der Waals surface area contributed by atoms with E-state index in [0.29, 0.717) is 0 Å². The minimum atomic E-state index is 0.766.